The summed E-state index contributed by atoms with van der Waals surface area (Å²) >= 11 is 1.86. The van der Waals surface area contributed by atoms with Crippen molar-refractivity contribution in [1.82, 2.24) is 9.97 Å². The second-order valence-corrected chi connectivity index (χ2v) is 5.35. The second kappa shape index (κ2) is 5.91. The van der Waals surface area contributed by atoms with Crippen molar-refractivity contribution >= 4 is 34.2 Å². The molecule has 0 aliphatic rings. The maximum absolute atomic E-state index is 5.81. The molecule has 1 aromatic heterocycles. The summed E-state index contributed by atoms with van der Waals surface area (Å²) in [6, 6.07) is 5.69. The van der Waals surface area contributed by atoms with Gasteiger partial charge < -0.3 is 11.1 Å². The predicted octanol–water partition coefficient (Wildman–Crippen LogP) is 2.62. The van der Waals surface area contributed by atoms with E-state index in [4.69, 9.17) is 5.73 Å². The molecular formula is C13H18N4S. The van der Waals surface area contributed by atoms with Crippen LogP contribution in [-0.2, 0) is 0 Å². The van der Waals surface area contributed by atoms with Crippen LogP contribution in [0.5, 0.6) is 0 Å². The van der Waals surface area contributed by atoms with Gasteiger partial charge in [0.25, 0.3) is 0 Å². The van der Waals surface area contributed by atoms with E-state index in [1.165, 1.54) is 0 Å². The Morgan fingerprint density at radius 2 is 2.22 bits per heavy atom. The molecule has 18 heavy (non-hydrogen) atoms. The van der Waals surface area contributed by atoms with Gasteiger partial charge in [0, 0.05) is 17.6 Å². The average molecular weight is 262 g/mol. The van der Waals surface area contributed by atoms with Crippen LogP contribution in [0.15, 0.2) is 24.5 Å². The molecule has 0 saturated heterocycles. The average Bonchev–Trinajstić information content (AvgIpc) is 2.36. The minimum atomic E-state index is 0.603. The zero-order valence-electron chi connectivity index (χ0n) is 10.7. The third kappa shape index (κ3) is 3.04. The van der Waals surface area contributed by atoms with Crippen LogP contribution in [0.1, 0.15) is 6.92 Å². The lowest BCUT2D eigenvalue weighted by molar-refractivity contribution is 0.700. The molecule has 0 spiro atoms. The Bertz CT molecular complexity index is 529. The lowest BCUT2D eigenvalue weighted by Crippen LogP contribution is -2.14. The minimum Gasteiger partial charge on any atom is -0.399 e. The lowest BCUT2D eigenvalue weighted by Gasteiger charge is -2.13. The summed E-state index contributed by atoms with van der Waals surface area (Å²) in [6.45, 7) is 3.13. The minimum absolute atomic E-state index is 0.603. The van der Waals surface area contributed by atoms with Gasteiger partial charge in [0.15, 0.2) is 0 Å². The topological polar surface area (TPSA) is 63.8 Å². The van der Waals surface area contributed by atoms with Crippen LogP contribution in [0.25, 0.3) is 10.9 Å². The second-order valence-electron chi connectivity index (χ2n) is 4.44. The number of hydrogen-bond donors (Lipinski definition) is 2. The van der Waals surface area contributed by atoms with E-state index in [9.17, 15) is 0 Å². The van der Waals surface area contributed by atoms with E-state index >= 15 is 0 Å². The number of aromatic nitrogens is 2. The van der Waals surface area contributed by atoms with Crippen LogP contribution in [0.2, 0.25) is 0 Å². The molecule has 1 atom stereocenters. The normalized spacial score (nSPS) is 12.6. The molecule has 0 saturated carbocycles. The summed E-state index contributed by atoms with van der Waals surface area (Å²) in [4.78, 5) is 8.53. The van der Waals surface area contributed by atoms with E-state index in [1.54, 1.807) is 6.33 Å². The third-order valence-electron chi connectivity index (χ3n) is 2.73. The smallest absolute Gasteiger partial charge is 0.137 e. The molecule has 3 N–H and O–H groups in total. The molecular weight excluding hydrogens is 244 g/mol. The van der Waals surface area contributed by atoms with Crippen LogP contribution in [0.3, 0.4) is 0 Å². The molecule has 0 fully saturated rings. The summed E-state index contributed by atoms with van der Waals surface area (Å²) < 4.78 is 0. The Morgan fingerprint density at radius 3 is 3.00 bits per heavy atom. The monoisotopic (exact) mass is 262 g/mol. The van der Waals surface area contributed by atoms with Gasteiger partial charge in [-0.15, -0.1) is 0 Å². The van der Waals surface area contributed by atoms with Crippen LogP contribution in [0, 0.1) is 5.92 Å². The SMILES string of the molecule is CSCC(C)CNc1ncnc2ccc(N)cc12. The Kier molecular flexibility index (Phi) is 4.25. The van der Waals surface area contributed by atoms with Crippen molar-refractivity contribution in [2.75, 3.05) is 29.6 Å². The van der Waals surface area contributed by atoms with E-state index in [1.807, 2.05) is 30.0 Å². The molecule has 1 unspecified atom stereocenters. The molecule has 4 nitrogen and oxygen atoms in total. The molecule has 2 rings (SSSR count). The highest BCUT2D eigenvalue weighted by Crippen LogP contribution is 2.21. The number of hydrogen-bond acceptors (Lipinski definition) is 5. The first-order valence-corrected chi connectivity index (χ1v) is 7.33. The third-order valence-corrected chi connectivity index (χ3v) is 3.63. The Hall–Kier alpha value is -1.49. The predicted molar refractivity (Wildman–Crippen MR) is 80.0 cm³/mol. The molecule has 0 bridgehead atoms. The van der Waals surface area contributed by atoms with Crippen molar-refractivity contribution in [3.63, 3.8) is 0 Å². The molecule has 0 aliphatic carbocycles. The Balaban J connectivity index is 2.19. The highest BCUT2D eigenvalue weighted by molar-refractivity contribution is 7.98. The molecule has 2 aromatic rings. The first-order chi connectivity index (χ1) is 8.70. The number of rotatable bonds is 5. The summed E-state index contributed by atoms with van der Waals surface area (Å²) in [5.41, 5.74) is 7.46. The molecule has 5 heteroatoms. The van der Waals surface area contributed by atoms with E-state index < -0.39 is 0 Å². The van der Waals surface area contributed by atoms with Crippen LogP contribution < -0.4 is 11.1 Å². The number of thioether (sulfide) groups is 1. The van der Waals surface area contributed by atoms with Gasteiger partial charge in [-0.3, -0.25) is 0 Å². The summed E-state index contributed by atoms with van der Waals surface area (Å²) in [5.74, 6) is 2.60. The van der Waals surface area contributed by atoms with Crippen molar-refractivity contribution in [2.24, 2.45) is 5.92 Å². The molecule has 0 radical (unpaired) electrons. The molecule has 0 amide bonds. The fourth-order valence-corrected chi connectivity index (χ4v) is 2.52. The first kappa shape index (κ1) is 13.0. The van der Waals surface area contributed by atoms with Crippen molar-refractivity contribution in [2.45, 2.75) is 6.92 Å². The van der Waals surface area contributed by atoms with E-state index in [0.717, 1.165) is 34.7 Å². The fourth-order valence-electron chi connectivity index (χ4n) is 1.83. The maximum atomic E-state index is 5.81. The largest absolute Gasteiger partial charge is 0.399 e. The van der Waals surface area contributed by atoms with E-state index in [-0.39, 0.29) is 0 Å². The molecule has 96 valence electrons. The van der Waals surface area contributed by atoms with Gasteiger partial charge in [-0.25, -0.2) is 9.97 Å². The van der Waals surface area contributed by atoms with Gasteiger partial charge in [0.2, 0.25) is 0 Å². The first-order valence-electron chi connectivity index (χ1n) is 5.93. The van der Waals surface area contributed by atoms with Crippen molar-refractivity contribution < 1.29 is 0 Å². The Morgan fingerprint density at radius 1 is 1.39 bits per heavy atom. The number of nitrogens with zero attached hydrogens (tertiary/aromatic N) is 2. The van der Waals surface area contributed by atoms with Gasteiger partial charge >= 0.3 is 0 Å². The number of anilines is 2. The lowest BCUT2D eigenvalue weighted by atomic mass is 10.2. The number of fused-ring (bicyclic) bond motifs is 1. The van der Waals surface area contributed by atoms with Crippen LogP contribution >= 0.6 is 11.8 Å². The maximum Gasteiger partial charge on any atom is 0.137 e. The highest BCUT2D eigenvalue weighted by Gasteiger charge is 2.06. The summed E-state index contributed by atoms with van der Waals surface area (Å²) in [5, 5.41) is 4.36. The van der Waals surface area contributed by atoms with Crippen molar-refractivity contribution in [3.8, 4) is 0 Å². The molecule has 1 aromatic carbocycles. The van der Waals surface area contributed by atoms with E-state index in [2.05, 4.69) is 28.5 Å². The molecule has 1 heterocycles. The van der Waals surface area contributed by atoms with Gasteiger partial charge in [-0.2, -0.15) is 11.8 Å². The Labute approximate surface area is 111 Å². The van der Waals surface area contributed by atoms with Gasteiger partial charge in [0.1, 0.15) is 12.1 Å². The standard InChI is InChI=1S/C13H18N4S/c1-9(7-18-2)6-15-13-11-5-10(14)3-4-12(11)16-8-17-13/h3-5,8-9H,6-7,14H2,1-2H3,(H,15,16,17). The van der Waals surface area contributed by atoms with Gasteiger partial charge in [-0.1, -0.05) is 6.92 Å². The molecule has 0 aliphatic heterocycles. The van der Waals surface area contributed by atoms with Crippen molar-refractivity contribution in [3.05, 3.63) is 24.5 Å². The summed E-state index contributed by atoms with van der Waals surface area (Å²) in [7, 11) is 0. The highest BCUT2D eigenvalue weighted by atomic mass is 32.2. The van der Waals surface area contributed by atoms with E-state index in [0.29, 0.717) is 5.92 Å². The zero-order valence-corrected chi connectivity index (χ0v) is 11.5. The van der Waals surface area contributed by atoms with Gasteiger partial charge in [-0.05, 0) is 36.1 Å². The fraction of sp³-hybridized carbons (Fsp3) is 0.385. The zero-order chi connectivity index (χ0) is 13.0. The number of nitrogens with two attached hydrogens (primary N) is 1. The quantitative estimate of drug-likeness (QED) is 0.811. The number of nitrogens with one attached hydrogen (secondary N) is 1. The van der Waals surface area contributed by atoms with Crippen LogP contribution in [0.4, 0.5) is 11.5 Å². The van der Waals surface area contributed by atoms with Crippen molar-refractivity contribution in [1.29, 1.82) is 0 Å². The van der Waals surface area contributed by atoms with Gasteiger partial charge in [0.05, 0.1) is 5.52 Å². The van der Waals surface area contributed by atoms with Crippen LogP contribution in [-0.4, -0.2) is 28.5 Å². The summed E-state index contributed by atoms with van der Waals surface area (Å²) in [6.07, 6.45) is 3.71. The number of nitrogen functional groups attached to an aromatic ring is 1. The number of benzene rings is 1.